The molecular weight excluding hydrogens is 302 g/mol. The second-order valence-electron chi connectivity index (χ2n) is 4.90. The van der Waals surface area contributed by atoms with Crippen LogP contribution in [0.25, 0.3) is 11.5 Å². The van der Waals surface area contributed by atoms with E-state index in [9.17, 15) is 8.78 Å². The summed E-state index contributed by atoms with van der Waals surface area (Å²) < 4.78 is 26.5. The molecule has 8 heteroatoms. The number of pyridine rings is 1. The monoisotopic (exact) mass is 316 g/mol. The molecule has 0 aliphatic rings. The smallest absolute Gasteiger partial charge is 0.222 e. The molecule has 0 amide bonds. The summed E-state index contributed by atoms with van der Waals surface area (Å²) in [6.07, 6.45) is 1.65. The standard InChI is InChI=1S/C15H14F2N6/c1-2-23(11-3-4-12(16)13(17)8-11)9-10-5-6-18-14(7-10)15-19-21-22-20-15/h3-8H,2,9H2,1H3,(H,19,20,21,22). The van der Waals surface area contributed by atoms with E-state index in [4.69, 9.17) is 0 Å². The average Bonchev–Trinajstić information content (AvgIpc) is 3.10. The van der Waals surface area contributed by atoms with Crippen molar-refractivity contribution in [3.8, 4) is 11.5 Å². The first kappa shape index (κ1) is 15.0. The van der Waals surface area contributed by atoms with Gasteiger partial charge in [-0.15, -0.1) is 10.2 Å². The number of benzene rings is 1. The van der Waals surface area contributed by atoms with Crippen molar-refractivity contribution in [2.24, 2.45) is 0 Å². The summed E-state index contributed by atoms with van der Waals surface area (Å²) in [6, 6.07) is 7.58. The minimum absolute atomic E-state index is 0.405. The lowest BCUT2D eigenvalue weighted by Crippen LogP contribution is -2.22. The van der Waals surface area contributed by atoms with Crippen molar-refractivity contribution < 1.29 is 8.78 Å². The van der Waals surface area contributed by atoms with Crippen LogP contribution in [-0.4, -0.2) is 32.2 Å². The van der Waals surface area contributed by atoms with Crippen molar-refractivity contribution in [1.29, 1.82) is 0 Å². The third kappa shape index (κ3) is 3.31. The van der Waals surface area contributed by atoms with Crippen LogP contribution < -0.4 is 4.90 Å². The van der Waals surface area contributed by atoms with Crippen molar-refractivity contribution >= 4 is 5.69 Å². The van der Waals surface area contributed by atoms with E-state index >= 15 is 0 Å². The number of halogens is 2. The molecule has 3 aromatic rings. The molecule has 0 bridgehead atoms. The lowest BCUT2D eigenvalue weighted by Gasteiger charge is -2.23. The Morgan fingerprint density at radius 1 is 1.13 bits per heavy atom. The van der Waals surface area contributed by atoms with Crippen LogP contribution in [0.4, 0.5) is 14.5 Å². The second kappa shape index (κ2) is 6.47. The number of rotatable bonds is 5. The summed E-state index contributed by atoms with van der Waals surface area (Å²) in [5.74, 6) is -1.31. The van der Waals surface area contributed by atoms with Crippen molar-refractivity contribution in [2.75, 3.05) is 11.4 Å². The number of hydrogen-bond acceptors (Lipinski definition) is 5. The van der Waals surface area contributed by atoms with Crippen LogP contribution in [0.2, 0.25) is 0 Å². The van der Waals surface area contributed by atoms with E-state index in [0.717, 1.165) is 11.6 Å². The molecular formula is C15H14F2N6. The normalized spacial score (nSPS) is 10.7. The number of tetrazole rings is 1. The Labute approximate surface area is 131 Å². The topological polar surface area (TPSA) is 70.6 Å². The van der Waals surface area contributed by atoms with Crippen LogP contribution in [0.3, 0.4) is 0 Å². The highest BCUT2D eigenvalue weighted by molar-refractivity contribution is 5.51. The minimum Gasteiger partial charge on any atom is -0.367 e. The molecule has 2 heterocycles. The summed E-state index contributed by atoms with van der Waals surface area (Å²) in [5.41, 5.74) is 2.16. The van der Waals surface area contributed by atoms with Crippen LogP contribution in [0.5, 0.6) is 0 Å². The SMILES string of the molecule is CCN(Cc1ccnc(-c2nn[nH]n2)c1)c1ccc(F)c(F)c1. The molecule has 0 fully saturated rings. The highest BCUT2D eigenvalue weighted by Crippen LogP contribution is 2.21. The highest BCUT2D eigenvalue weighted by Gasteiger charge is 2.11. The van der Waals surface area contributed by atoms with E-state index in [1.54, 1.807) is 12.3 Å². The van der Waals surface area contributed by atoms with Gasteiger partial charge in [0, 0.05) is 31.0 Å². The van der Waals surface area contributed by atoms with Gasteiger partial charge in [0.15, 0.2) is 11.6 Å². The molecule has 1 N–H and O–H groups in total. The molecule has 6 nitrogen and oxygen atoms in total. The molecule has 0 atom stereocenters. The maximum atomic E-state index is 13.4. The number of nitrogens with zero attached hydrogens (tertiary/aromatic N) is 5. The Bertz CT molecular complexity index is 790. The Hall–Kier alpha value is -2.90. The third-order valence-corrected chi connectivity index (χ3v) is 3.42. The largest absolute Gasteiger partial charge is 0.367 e. The summed E-state index contributed by atoms with van der Waals surface area (Å²) in [5, 5.41) is 13.7. The van der Waals surface area contributed by atoms with Gasteiger partial charge in [0.2, 0.25) is 5.82 Å². The second-order valence-corrected chi connectivity index (χ2v) is 4.90. The quantitative estimate of drug-likeness (QED) is 0.783. The number of H-pyrrole nitrogens is 1. The summed E-state index contributed by atoms with van der Waals surface area (Å²) in [4.78, 5) is 6.13. The van der Waals surface area contributed by atoms with Crippen LogP contribution in [0.1, 0.15) is 12.5 Å². The zero-order chi connectivity index (χ0) is 16.2. The molecule has 0 unspecified atom stereocenters. The average molecular weight is 316 g/mol. The molecule has 0 saturated heterocycles. The highest BCUT2D eigenvalue weighted by atomic mass is 19.2. The van der Waals surface area contributed by atoms with Gasteiger partial charge in [-0.3, -0.25) is 4.98 Å². The summed E-state index contributed by atoms with van der Waals surface area (Å²) in [6.45, 7) is 3.11. The molecule has 3 rings (SSSR count). The van der Waals surface area contributed by atoms with Crippen LogP contribution in [0, 0.1) is 11.6 Å². The number of aromatic nitrogens is 5. The maximum absolute atomic E-state index is 13.4. The van der Waals surface area contributed by atoms with Crippen LogP contribution in [-0.2, 0) is 6.54 Å². The van der Waals surface area contributed by atoms with E-state index in [1.165, 1.54) is 6.07 Å². The van der Waals surface area contributed by atoms with Gasteiger partial charge in [-0.25, -0.2) is 8.78 Å². The van der Waals surface area contributed by atoms with Crippen molar-refractivity contribution in [2.45, 2.75) is 13.5 Å². The lowest BCUT2D eigenvalue weighted by atomic mass is 10.2. The molecule has 23 heavy (non-hydrogen) atoms. The van der Waals surface area contributed by atoms with Crippen LogP contribution >= 0.6 is 0 Å². The maximum Gasteiger partial charge on any atom is 0.222 e. The van der Waals surface area contributed by atoms with Gasteiger partial charge in [-0.05, 0) is 42.0 Å². The van der Waals surface area contributed by atoms with E-state index < -0.39 is 11.6 Å². The first-order chi connectivity index (χ1) is 11.2. The lowest BCUT2D eigenvalue weighted by molar-refractivity contribution is 0.508. The van der Waals surface area contributed by atoms with E-state index in [-0.39, 0.29) is 0 Å². The molecule has 118 valence electrons. The van der Waals surface area contributed by atoms with E-state index in [0.29, 0.717) is 30.3 Å². The van der Waals surface area contributed by atoms with Crippen LogP contribution in [0.15, 0.2) is 36.5 Å². The molecule has 0 spiro atoms. The zero-order valence-electron chi connectivity index (χ0n) is 12.4. The van der Waals surface area contributed by atoms with Crippen molar-refractivity contribution in [3.63, 3.8) is 0 Å². The fourth-order valence-electron chi connectivity index (χ4n) is 2.25. The first-order valence-corrected chi connectivity index (χ1v) is 7.06. The Morgan fingerprint density at radius 2 is 2.00 bits per heavy atom. The van der Waals surface area contributed by atoms with Crippen molar-refractivity contribution in [1.82, 2.24) is 25.6 Å². The Balaban J connectivity index is 1.84. The van der Waals surface area contributed by atoms with Gasteiger partial charge in [0.25, 0.3) is 0 Å². The van der Waals surface area contributed by atoms with Gasteiger partial charge in [0.05, 0.1) is 0 Å². The van der Waals surface area contributed by atoms with E-state index in [1.807, 2.05) is 24.0 Å². The number of hydrogen-bond donors (Lipinski definition) is 1. The molecule has 0 radical (unpaired) electrons. The summed E-state index contributed by atoms with van der Waals surface area (Å²) in [7, 11) is 0. The van der Waals surface area contributed by atoms with Crippen molar-refractivity contribution in [3.05, 3.63) is 53.7 Å². The fourth-order valence-corrected chi connectivity index (χ4v) is 2.25. The van der Waals surface area contributed by atoms with E-state index in [2.05, 4.69) is 25.6 Å². The minimum atomic E-state index is -0.858. The molecule has 2 aromatic heterocycles. The molecule has 0 saturated carbocycles. The third-order valence-electron chi connectivity index (χ3n) is 3.42. The number of nitrogens with one attached hydrogen (secondary N) is 1. The molecule has 0 aliphatic heterocycles. The Kier molecular flexibility index (Phi) is 4.22. The Morgan fingerprint density at radius 3 is 2.70 bits per heavy atom. The predicted octanol–water partition coefficient (Wildman–Crippen LogP) is 2.57. The van der Waals surface area contributed by atoms with Gasteiger partial charge in [0.1, 0.15) is 5.69 Å². The number of anilines is 1. The van der Waals surface area contributed by atoms with Gasteiger partial charge in [-0.2, -0.15) is 5.21 Å². The molecule has 1 aromatic carbocycles. The zero-order valence-corrected chi connectivity index (χ0v) is 12.4. The summed E-state index contributed by atoms with van der Waals surface area (Å²) >= 11 is 0. The number of aromatic amines is 1. The first-order valence-electron chi connectivity index (χ1n) is 7.06. The fraction of sp³-hybridized carbons (Fsp3) is 0.200. The predicted molar refractivity (Wildman–Crippen MR) is 80.5 cm³/mol. The van der Waals surface area contributed by atoms with Gasteiger partial charge < -0.3 is 4.90 Å². The van der Waals surface area contributed by atoms with Gasteiger partial charge in [-0.1, -0.05) is 0 Å². The molecule has 0 aliphatic carbocycles. The van der Waals surface area contributed by atoms with Gasteiger partial charge >= 0.3 is 0 Å².